The van der Waals surface area contributed by atoms with Crippen LogP contribution in [-0.4, -0.2) is 32.7 Å². The molecule has 0 aliphatic heterocycles. The van der Waals surface area contributed by atoms with E-state index in [0.29, 0.717) is 23.5 Å². The lowest BCUT2D eigenvalue weighted by Crippen LogP contribution is -2.37. The molecule has 0 atom stereocenters. The Balaban J connectivity index is 1.69. The van der Waals surface area contributed by atoms with E-state index in [-0.39, 0.29) is 11.7 Å². The SMILES string of the molecule is Cc1nnnn1-c1ccc(C(=O)NCC(C)(C)c2ccccc2F)cc1. The predicted octanol–water partition coefficient (Wildman–Crippen LogP) is 2.82. The van der Waals surface area contributed by atoms with E-state index < -0.39 is 5.41 Å². The maximum absolute atomic E-state index is 14.0. The lowest BCUT2D eigenvalue weighted by atomic mass is 9.84. The number of amides is 1. The number of aromatic nitrogens is 4. The zero-order valence-electron chi connectivity index (χ0n) is 14.9. The number of hydrogen-bond donors (Lipinski definition) is 1. The molecule has 0 radical (unpaired) electrons. The summed E-state index contributed by atoms with van der Waals surface area (Å²) in [6.07, 6.45) is 0. The Bertz CT molecular complexity index is 918. The molecule has 2 aromatic carbocycles. The zero-order chi connectivity index (χ0) is 18.7. The topological polar surface area (TPSA) is 72.7 Å². The molecule has 26 heavy (non-hydrogen) atoms. The Morgan fingerprint density at radius 3 is 2.46 bits per heavy atom. The van der Waals surface area contributed by atoms with Gasteiger partial charge in [0.05, 0.1) is 5.69 Å². The number of aryl methyl sites for hydroxylation is 1. The first-order chi connectivity index (χ1) is 12.4. The molecule has 6 nitrogen and oxygen atoms in total. The molecule has 1 amide bonds. The van der Waals surface area contributed by atoms with Crippen molar-refractivity contribution in [2.24, 2.45) is 0 Å². The van der Waals surface area contributed by atoms with Gasteiger partial charge in [0.25, 0.3) is 5.91 Å². The molecule has 1 aromatic heterocycles. The van der Waals surface area contributed by atoms with Crippen LogP contribution in [0.2, 0.25) is 0 Å². The molecule has 0 bridgehead atoms. The number of tetrazole rings is 1. The molecular formula is C19H20FN5O. The van der Waals surface area contributed by atoms with Crippen molar-refractivity contribution >= 4 is 5.91 Å². The van der Waals surface area contributed by atoms with Gasteiger partial charge in [0.15, 0.2) is 5.82 Å². The maximum Gasteiger partial charge on any atom is 0.251 e. The van der Waals surface area contributed by atoms with Crippen molar-refractivity contribution in [3.8, 4) is 5.69 Å². The number of nitrogens with one attached hydrogen (secondary N) is 1. The van der Waals surface area contributed by atoms with Gasteiger partial charge in [0, 0.05) is 17.5 Å². The average Bonchev–Trinajstić information content (AvgIpc) is 3.06. The van der Waals surface area contributed by atoms with Gasteiger partial charge in [0.2, 0.25) is 0 Å². The van der Waals surface area contributed by atoms with Crippen LogP contribution in [0.15, 0.2) is 48.5 Å². The molecule has 1 heterocycles. The third kappa shape index (κ3) is 3.61. The third-order valence-electron chi connectivity index (χ3n) is 4.29. The van der Waals surface area contributed by atoms with Gasteiger partial charge in [-0.2, -0.15) is 4.68 Å². The molecule has 0 aliphatic carbocycles. The molecule has 0 saturated heterocycles. The first kappa shape index (κ1) is 17.7. The van der Waals surface area contributed by atoms with Crippen molar-refractivity contribution in [1.82, 2.24) is 25.5 Å². The highest BCUT2D eigenvalue weighted by molar-refractivity contribution is 5.94. The summed E-state index contributed by atoms with van der Waals surface area (Å²) in [5, 5.41) is 14.2. The van der Waals surface area contributed by atoms with E-state index in [1.54, 1.807) is 54.1 Å². The molecule has 0 saturated carbocycles. The zero-order valence-corrected chi connectivity index (χ0v) is 14.9. The van der Waals surface area contributed by atoms with Gasteiger partial charge < -0.3 is 5.32 Å². The largest absolute Gasteiger partial charge is 0.351 e. The van der Waals surface area contributed by atoms with Gasteiger partial charge >= 0.3 is 0 Å². The van der Waals surface area contributed by atoms with E-state index in [9.17, 15) is 9.18 Å². The van der Waals surface area contributed by atoms with Gasteiger partial charge in [-0.25, -0.2) is 4.39 Å². The van der Waals surface area contributed by atoms with Crippen LogP contribution < -0.4 is 5.32 Å². The highest BCUT2D eigenvalue weighted by atomic mass is 19.1. The predicted molar refractivity (Wildman–Crippen MR) is 95.7 cm³/mol. The second-order valence-electron chi connectivity index (χ2n) is 6.73. The van der Waals surface area contributed by atoms with E-state index in [1.807, 2.05) is 13.8 Å². The molecule has 7 heteroatoms. The lowest BCUT2D eigenvalue weighted by Gasteiger charge is -2.26. The van der Waals surface area contributed by atoms with E-state index >= 15 is 0 Å². The van der Waals surface area contributed by atoms with Crippen molar-refractivity contribution in [1.29, 1.82) is 0 Å². The van der Waals surface area contributed by atoms with E-state index in [2.05, 4.69) is 20.8 Å². The van der Waals surface area contributed by atoms with Crippen LogP contribution in [0.25, 0.3) is 5.69 Å². The minimum Gasteiger partial charge on any atom is -0.351 e. The number of benzene rings is 2. The van der Waals surface area contributed by atoms with Crippen LogP contribution in [0.3, 0.4) is 0 Å². The minimum atomic E-state index is -0.523. The smallest absolute Gasteiger partial charge is 0.251 e. The first-order valence-corrected chi connectivity index (χ1v) is 8.27. The Hall–Kier alpha value is -3.09. The number of nitrogens with zero attached hydrogens (tertiary/aromatic N) is 4. The number of hydrogen-bond acceptors (Lipinski definition) is 4. The molecule has 3 rings (SSSR count). The molecular weight excluding hydrogens is 333 g/mol. The number of carbonyl (C=O) groups is 1. The minimum absolute atomic E-state index is 0.214. The summed E-state index contributed by atoms with van der Waals surface area (Å²) in [7, 11) is 0. The lowest BCUT2D eigenvalue weighted by molar-refractivity contribution is 0.0945. The third-order valence-corrected chi connectivity index (χ3v) is 4.29. The van der Waals surface area contributed by atoms with Gasteiger partial charge in [-0.1, -0.05) is 32.0 Å². The van der Waals surface area contributed by atoms with Crippen LogP contribution in [0, 0.1) is 12.7 Å². The molecule has 0 fully saturated rings. The summed E-state index contributed by atoms with van der Waals surface area (Å²) in [6, 6.07) is 13.6. The Morgan fingerprint density at radius 2 is 1.85 bits per heavy atom. The maximum atomic E-state index is 14.0. The fraction of sp³-hybridized carbons (Fsp3) is 0.263. The summed E-state index contributed by atoms with van der Waals surface area (Å²) in [4.78, 5) is 12.4. The molecule has 0 aliphatic rings. The summed E-state index contributed by atoms with van der Waals surface area (Å²) >= 11 is 0. The fourth-order valence-corrected chi connectivity index (χ4v) is 2.73. The van der Waals surface area contributed by atoms with Gasteiger partial charge in [-0.3, -0.25) is 4.79 Å². The van der Waals surface area contributed by atoms with Gasteiger partial charge in [-0.15, -0.1) is 5.10 Å². The van der Waals surface area contributed by atoms with Crippen molar-refractivity contribution in [2.75, 3.05) is 6.54 Å². The molecule has 3 aromatic rings. The average molecular weight is 353 g/mol. The van der Waals surface area contributed by atoms with Crippen molar-refractivity contribution in [3.63, 3.8) is 0 Å². The second kappa shape index (κ2) is 7.03. The number of halogens is 1. The van der Waals surface area contributed by atoms with Gasteiger partial charge in [-0.05, 0) is 53.2 Å². The van der Waals surface area contributed by atoms with Crippen LogP contribution >= 0.6 is 0 Å². The van der Waals surface area contributed by atoms with Gasteiger partial charge in [0.1, 0.15) is 5.82 Å². The standard InChI is InChI=1S/C19H20FN5O/c1-13-22-23-24-25(13)15-10-8-14(9-11-15)18(26)21-12-19(2,3)16-6-4-5-7-17(16)20/h4-11H,12H2,1-3H3,(H,21,26). The highest BCUT2D eigenvalue weighted by Gasteiger charge is 2.24. The normalized spacial score (nSPS) is 11.4. The second-order valence-corrected chi connectivity index (χ2v) is 6.73. The quantitative estimate of drug-likeness (QED) is 0.765. The first-order valence-electron chi connectivity index (χ1n) is 8.27. The van der Waals surface area contributed by atoms with Crippen molar-refractivity contribution < 1.29 is 9.18 Å². The molecule has 134 valence electrons. The molecule has 0 spiro atoms. The van der Waals surface area contributed by atoms with Crippen LogP contribution in [0.1, 0.15) is 35.6 Å². The van der Waals surface area contributed by atoms with E-state index in [0.717, 1.165) is 5.69 Å². The molecule has 0 unspecified atom stereocenters. The van der Waals surface area contributed by atoms with Crippen molar-refractivity contribution in [2.45, 2.75) is 26.2 Å². The van der Waals surface area contributed by atoms with Crippen LogP contribution in [-0.2, 0) is 5.41 Å². The summed E-state index contributed by atoms with van der Waals surface area (Å²) in [5.41, 5.74) is 1.34. The van der Waals surface area contributed by atoms with E-state index in [4.69, 9.17) is 0 Å². The van der Waals surface area contributed by atoms with Crippen LogP contribution in [0.5, 0.6) is 0 Å². The van der Waals surface area contributed by atoms with Crippen LogP contribution in [0.4, 0.5) is 4.39 Å². The summed E-state index contributed by atoms with van der Waals surface area (Å²) < 4.78 is 15.6. The fourth-order valence-electron chi connectivity index (χ4n) is 2.73. The molecule has 1 N–H and O–H groups in total. The summed E-state index contributed by atoms with van der Waals surface area (Å²) in [6.45, 7) is 5.91. The number of carbonyl (C=O) groups excluding carboxylic acids is 1. The number of rotatable bonds is 5. The van der Waals surface area contributed by atoms with E-state index in [1.165, 1.54) is 6.07 Å². The highest BCUT2D eigenvalue weighted by Crippen LogP contribution is 2.25. The van der Waals surface area contributed by atoms with Crippen molar-refractivity contribution in [3.05, 3.63) is 71.3 Å². The Morgan fingerprint density at radius 1 is 1.15 bits per heavy atom. The Labute approximate surface area is 151 Å². The monoisotopic (exact) mass is 353 g/mol. The Kier molecular flexibility index (Phi) is 4.79. The summed E-state index contributed by atoms with van der Waals surface area (Å²) in [5.74, 6) is 0.177.